The van der Waals surface area contributed by atoms with Crippen LogP contribution in [-0.2, 0) is 0 Å². The van der Waals surface area contributed by atoms with Crippen LogP contribution in [0.25, 0.3) is 27.6 Å². The van der Waals surface area contributed by atoms with Gasteiger partial charge in [-0.2, -0.15) is 9.97 Å². The van der Waals surface area contributed by atoms with E-state index in [9.17, 15) is 9.18 Å². The van der Waals surface area contributed by atoms with E-state index in [-0.39, 0.29) is 11.3 Å². The maximum atomic E-state index is 14.6. The number of aryl methyl sites for hydroxylation is 1. The smallest absolute Gasteiger partial charge is 0.266 e. The van der Waals surface area contributed by atoms with Crippen molar-refractivity contribution < 1.29 is 4.39 Å². The Bertz CT molecular complexity index is 1540. The van der Waals surface area contributed by atoms with Crippen molar-refractivity contribution in [1.82, 2.24) is 24.5 Å². The molecule has 0 spiro atoms. The van der Waals surface area contributed by atoms with Crippen LogP contribution < -0.4 is 16.6 Å². The molecule has 5 aromatic rings. The monoisotopic (exact) mass is 429 g/mol. The quantitative estimate of drug-likeness (QED) is 0.400. The molecule has 3 heterocycles. The summed E-state index contributed by atoms with van der Waals surface area (Å²) in [6.07, 6.45) is 1.51. The topological polar surface area (TPSA) is 115 Å². The molecule has 0 radical (unpaired) electrons. The number of halogens is 1. The van der Waals surface area contributed by atoms with Crippen molar-refractivity contribution in [3.05, 3.63) is 82.3 Å². The number of benzene rings is 2. The van der Waals surface area contributed by atoms with Crippen LogP contribution in [0, 0.1) is 12.7 Å². The summed E-state index contributed by atoms with van der Waals surface area (Å²) < 4.78 is 16.2. The summed E-state index contributed by atoms with van der Waals surface area (Å²) in [4.78, 5) is 29.1. The summed E-state index contributed by atoms with van der Waals surface area (Å²) >= 11 is 0. The minimum absolute atomic E-state index is 0.0488. The van der Waals surface area contributed by atoms with Crippen LogP contribution in [0.4, 0.5) is 16.2 Å². The molecule has 5 rings (SSSR count). The highest BCUT2D eigenvalue weighted by Gasteiger charge is 2.20. The Balaban J connectivity index is 1.74. The number of pyridine rings is 1. The van der Waals surface area contributed by atoms with Gasteiger partial charge in [-0.15, -0.1) is 0 Å². The molecule has 0 fully saturated rings. The fourth-order valence-corrected chi connectivity index (χ4v) is 3.95. The van der Waals surface area contributed by atoms with Gasteiger partial charge in [-0.25, -0.2) is 9.37 Å². The highest BCUT2D eigenvalue weighted by Crippen LogP contribution is 2.27. The van der Waals surface area contributed by atoms with Gasteiger partial charge in [-0.3, -0.25) is 9.36 Å². The van der Waals surface area contributed by atoms with E-state index in [0.717, 1.165) is 5.56 Å². The molecule has 160 valence electrons. The van der Waals surface area contributed by atoms with Crippen LogP contribution in [0.5, 0.6) is 0 Å². The Morgan fingerprint density at radius 2 is 1.97 bits per heavy atom. The van der Waals surface area contributed by atoms with Gasteiger partial charge < -0.3 is 16.0 Å². The molecule has 2 aromatic carbocycles. The van der Waals surface area contributed by atoms with Crippen LogP contribution in [0.2, 0.25) is 0 Å². The van der Waals surface area contributed by atoms with Crippen molar-refractivity contribution in [2.45, 2.75) is 19.9 Å². The first kappa shape index (κ1) is 19.7. The van der Waals surface area contributed by atoms with Crippen molar-refractivity contribution in [2.24, 2.45) is 0 Å². The Morgan fingerprint density at radius 3 is 2.78 bits per heavy atom. The number of para-hydroxylation sites is 1. The average Bonchev–Trinajstić information content (AvgIpc) is 3.23. The van der Waals surface area contributed by atoms with E-state index in [0.29, 0.717) is 33.7 Å². The molecule has 0 aliphatic rings. The molecule has 4 N–H and O–H groups in total. The van der Waals surface area contributed by atoms with Crippen LogP contribution in [0.3, 0.4) is 0 Å². The third kappa shape index (κ3) is 3.15. The number of aromatic amines is 1. The van der Waals surface area contributed by atoms with E-state index in [1.165, 1.54) is 12.4 Å². The SMILES string of the molecule is Cc1ccccc1-n1c([C@H](C)Nc2nc(N)nc3[nH]cnc23)cc2cccc(F)c2c1=O. The summed E-state index contributed by atoms with van der Waals surface area (Å²) in [6, 6.07) is 13.5. The lowest BCUT2D eigenvalue weighted by molar-refractivity contribution is 0.637. The molecule has 0 aliphatic heterocycles. The minimum Gasteiger partial charge on any atom is -0.368 e. The zero-order valence-corrected chi connectivity index (χ0v) is 17.4. The molecule has 3 aromatic heterocycles. The van der Waals surface area contributed by atoms with Crippen LogP contribution >= 0.6 is 0 Å². The van der Waals surface area contributed by atoms with Crippen LogP contribution in [-0.4, -0.2) is 24.5 Å². The normalized spacial score (nSPS) is 12.3. The number of imidazole rings is 1. The Morgan fingerprint density at radius 1 is 1.16 bits per heavy atom. The van der Waals surface area contributed by atoms with Crippen LogP contribution in [0.1, 0.15) is 24.2 Å². The number of aromatic nitrogens is 5. The lowest BCUT2D eigenvalue weighted by Crippen LogP contribution is -2.27. The summed E-state index contributed by atoms with van der Waals surface area (Å²) in [5.74, 6) is -0.0264. The predicted octanol–water partition coefficient (Wildman–Crippen LogP) is 3.86. The molecule has 0 saturated carbocycles. The van der Waals surface area contributed by atoms with E-state index >= 15 is 0 Å². The van der Waals surface area contributed by atoms with Gasteiger partial charge in [0, 0.05) is 5.69 Å². The standard InChI is InChI=1S/C23H20FN7O/c1-12-6-3-4-9-16(12)31-17(10-14-7-5-8-15(24)18(14)22(31)32)13(2)28-21-19-20(27-11-26-19)29-23(25)30-21/h3-11,13H,1-2H3,(H4,25,26,27,28,29,30)/t13-/m0/s1. The Hall–Kier alpha value is -4.27. The number of nitrogens with one attached hydrogen (secondary N) is 2. The van der Waals surface area contributed by atoms with Gasteiger partial charge in [0.2, 0.25) is 5.95 Å². The number of nitrogens with zero attached hydrogens (tertiary/aromatic N) is 4. The average molecular weight is 429 g/mol. The number of rotatable bonds is 4. The first-order chi connectivity index (χ1) is 15.4. The second-order valence-electron chi connectivity index (χ2n) is 7.60. The molecule has 8 nitrogen and oxygen atoms in total. The first-order valence-electron chi connectivity index (χ1n) is 10.1. The number of fused-ring (bicyclic) bond motifs is 2. The minimum atomic E-state index is -0.552. The van der Waals surface area contributed by atoms with Crippen molar-refractivity contribution in [2.75, 3.05) is 11.1 Å². The number of hydrogen-bond donors (Lipinski definition) is 3. The van der Waals surface area contributed by atoms with Gasteiger partial charge in [0.15, 0.2) is 11.5 Å². The maximum Gasteiger partial charge on any atom is 0.266 e. The second-order valence-corrected chi connectivity index (χ2v) is 7.60. The van der Waals surface area contributed by atoms with Crippen molar-refractivity contribution in [1.29, 1.82) is 0 Å². The van der Waals surface area contributed by atoms with Gasteiger partial charge in [-0.05, 0) is 43.0 Å². The van der Waals surface area contributed by atoms with Gasteiger partial charge in [-0.1, -0.05) is 30.3 Å². The molecular weight excluding hydrogens is 409 g/mol. The van der Waals surface area contributed by atoms with Crippen molar-refractivity contribution >= 4 is 33.7 Å². The fraction of sp³-hybridized carbons (Fsp3) is 0.130. The largest absolute Gasteiger partial charge is 0.368 e. The lowest BCUT2D eigenvalue weighted by Gasteiger charge is -2.22. The molecule has 32 heavy (non-hydrogen) atoms. The van der Waals surface area contributed by atoms with Crippen molar-refractivity contribution in [3.8, 4) is 5.69 Å². The van der Waals surface area contributed by atoms with E-state index in [4.69, 9.17) is 5.73 Å². The molecule has 0 unspecified atom stereocenters. The first-order valence-corrected chi connectivity index (χ1v) is 10.1. The summed E-state index contributed by atoms with van der Waals surface area (Å²) in [6.45, 7) is 3.80. The summed E-state index contributed by atoms with van der Waals surface area (Å²) in [5.41, 5.74) is 8.67. The predicted molar refractivity (Wildman–Crippen MR) is 122 cm³/mol. The molecule has 0 bridgehead atoms. The van der Waals surface area contributed by atoms with E-state index in [1.807, 2.05) is 44.2 Å². The summed E-state index contributed by atoms with van der Waals surface area (Å²) in [5, 5.41) is 3.87. The fourth-order valence-electron chi connectivity index (χ4n) is 3.95. The number of anilines is 2. The molecule has 1 atom stereocenters. The van der Waals surface area contributed by atoms with Gasteiger partial charge in [0.25, 0.3) is 5.56 Å². The number of nitrogens with two attached hydrogens (primary N) is 1. The van der Waals surface area contributed by atoms with Crippen molar-refractivity contribution in [3.63, 3.8) is 0 Å². The van der Waals surface area contributed by atoms with Gasteiger partial charge in [0.05, 0.1) is 23.4 Å². The van der Waals surface area contributed by atoms with E-state index < -0.39 is 17.4 Å². The molecule has 0 amide bonds. The Kier molecular flexibility index (Phi) is 4.58. The lowest BCUT2D eigenvalue weighted by atomic mass is 10.1. The number of hydrogen-bond acceptors (Lipinski definition) is 6. The maximum absolute atomic E-state index is 14.6. The van der Waals surface area contributed by atoms with E-state index in [2.05, 4.69) is 25.3 Å². The zero-order valence-electron chi connectivity index (χ0n) is 17.4. The highest BCUT2D eigenvalue weighted by atomic mass is 19.1. The molecular formula is C23H20FN7O. The second kappa shape index (κ2) is 7.45. The van der Waals surface area contributed by atoms with E-state index in [1.54, 1.807) is 16.7 Å². The van der Waals surface area contributed by atoms with Gasteiger partial charge in [0.1, 0.15) is 11.3 Å². The molecule has 0 aliphatic carbocycles. The van der Waals surface area contributed by atoms with Gasteiger partial charge >= 0.3 is 0 Å². The number of nitrogen functional groups attached to an aromatic ring is 1. The molecule has 0 saturated heterocycles. The van der Waals surface area contributed by atoms with Crippen LogP contribution in [0.15, 0.2) is 59.7 Å². The highest BCUT2D eigenvalue weighted by molar-refractivity contribution is 5.85. The summed E-state index contributed by atoms with van der Waals surface area (Å²) in [7, 11) is 0. The third-order valence-corrected chi connectivity index (χ3v) is 5.47. The zero-order chi connectivity index (χ0) is 22.4. The number of H-pyrrole nitrogens is 1. The third-order valence-electron chi connectivity index (χ3n) is 5.47. The molecule has 9 heteroatoms. The Labute approximate surface area is 182 Å².